The summed E-state index contributed by atoms with van der Waals surface area (Å²) in [6, 6.07) is 7.26. The third kappa shape index (κ3) is 4.00. The van der Waals surface area contributed by atoms with Gasteiger partial charge in [-0.05, 0) is 17.7 Å². The summed E-state index contributed by atoms with van der Waals surface area (Å²) in [6.45, 7) is 9.97. The molecule has 0 fully saturated rings. The molecule has 2 nitrogen and oxygen atoms in total. The number of hydrogen-bond donors (Lipinski definition) is 1. The molecule has 0 saturated heterocycles. The molecule has 15 heavy (non-hydrogen) atoms. The number of rotatable bonds is 6. The number of benzene rings is 1. The van der Waals surface area contributed by atoms with Gasteiger partial charge in [0.15, 0.2) is 0 Å². The highest BCUT2D eigenvalue weighted by atomic mass is 16.3. The summed E-state index contributed by atoms with van der Waals surface area (Å²) in [5, 5.41) is 9.15. The standard InChI is InChI=1S/C13H17NO/c1-3-9-14(10-4-2)11-12-5-7-13(15)8-6-12/h3-8,15H,1-2,9-11H2. The molecule has 1 rings (SSSR count). The van der Waals surface area contributed by atoms with Gasteiger partial charge < -0.3 is 5.11 Å². The second-order valence-electron chi connectivity index (χ2n) is 3.44. The lowest BCUT2D eigenvalue weighted by atomic mass is 10.2. The molecular weight excluding hydrogens is 186 g/mol. The van der Waals surface area contributed by atoms with E-state index in [1.54, 1.807) is 12.1 Å². The molecule has 1 aromatic carbocycles. The van der Waals surface area contributed by atoms with Gasteiger partial charge in [-0.3, -0.25) is 4.90 Å². The Balaban J connectivity index is 2.60. The van der Waals surface area contributed by atoms with Gasteiger partial charge in [-0.25, -0.2) is 0 Å². The zero-order valence-electron chi connectivity index (χ0n) is 8.89. The van der Waals surface area contributed by atoms with Crippen LogP contribution in [-0.4, -0.2) is 23.1 Å². The van der Waals surface area contributed by atoms with Crippen LogP contribution in [0.2, 0.25) is 0 Å². The number of nitrogens with zero attached hydrogens (tertiary/aromatic N) is 1. The van der Waals surface area contributed by atoms with E-state index in [1.165, 1.54) is 5.56 Å². The van der Waals surface area contributed by atoms with Crippen LogP contribution in [0.5, 0.6) is 5.75 Å². The summed E-state index contributed by atoms with van der Waals surface area (Å²) in [5.41, 5.74) is 1.18. The molecule has 0 atom stereocenters. The van der Waals surface area contributed by atoms with E-state index in [-0.39, 0.29) is 0 Å². The zero-order chi connectivity index (χ0) is 11.1. The quantitative estimate of drug-likeness (QED) is 0.718. The molecule has 0 aromatic heterocycles. The van der Waals surface area contributed by atoms with Crippen molar-refractivity contribution in [2.45, 2.75) is 6.54 Å². The zero-order valence-corrected chi connectivity index (χ0v) is 8.89. The summed E-state index contributed by atoms with van der Waals surface area (Å²) >= 11 is 0. The molecular formula is C13H17NO. The van der Waals surface area contributed by atoms with E-state index in [2.05, 4.69) is 18.1 Å². The highest BCUT2D eigenvalue weighted by Crippen LogP contribution is 2.11. The van der Waals surface area contributed by atoms with Gasteiger partial charge in [-0.2, -0.15) is 0 Å². The molecule has 0 bridgehead atoms. The fourth-order valence-corrected chi connectivity index (χ4v) is 1.43. The van der Waals surface area contributed by atoms with Crippen LogP contribution in [-0.2, 0) is 6.54 Å². The lowest BCUT2D eigenvalue weighted by Gasteiger charge is -2.18. The van der Waals surface area contributed by atoms with E-state index in [4.69, 9.17) is 5.11 Å². The molecule has 0 aliphatic carbocycles. The Bertz CT molecular complexity index is 306. The van der Waals surface area contributed by atoms with Crippen LogP contribution in [0.15, 0.2) is 49.6 Å². The van der Waals surface area contributed by atoms with E-state index < -0.39 is 0 Å². The smallest absolute Gasteiger partial charge is 0.115 e. The van der Waals surface area contributed by atoms with E-state index >= 15 is 0 Å². The van der Waals surface area contributed by atoms with Crippen molar-refractivity contribution in [1.82, 2.24) is 4.90 Å². The van der Waals surface area contributed by atoms with E-state index in [1.807, 2.05) is 24.3 Å². The maximum atomic E-state index is 9.15. The van der Waals surface area contributed by atoms with Gasteiger partial charge in [-0.1, -0.05) is 24.3 Å². The SMILES string of the molecule is C=CCN(CC=C)Cc1ccc(O)cc1. The van der Waals surface area contributed by atoms with Crippen LogP contribution in [0.1, 0.15) is 5.56 Å². The summed E-state index contributed by atoms with van der Waals surface area (Å²) in [7, 11) is 0. The summed E-state index contributed by atoms with van der Waals surface area (Å²) < 4.78 is 0. The van der Waals surface area contributed by atoms with Crippen LogP contribution < -0.4 is 0 Å². The lowest BCUT2D eigenvalue weighted by Crippen LogP contribution is -2.23. The van der Waals surface area contributed by atoms with Crippen LogP contribution in [0.4, 0.5) is 0 Å². The first-order valence-electron chi connectivity index (χ1n) is 4.98. The first-order chi connectivity index (χ1) is 7.26. The molecule has 0 spiro atoms. The van der Waals surface area contributed by atoms with Crippen molar-refractivity contribution >= 4 is 0 Å². The van der Waals surface area contributed by atoms with Crippen molar-refractivity contribution in [3.8, 4) is 5.75 Å². The minimum Gasteiger partial charge on any atom is -0.508 e. The Hall–Kier alpha value is -1.54. The van der Waals surface area contributed by atoms with Gasteiger partial charge in [0.2, 0.25) is 0 Å². The Morgan fingerprint density at radius 1 is 1.07 bits per heavy atom. The molecule has 0 aliphatic heterocycles. The number of hydrogen-bond acceptors (Lipinski definition) is 2. The maximum absolute atomic E-state index is 9.15. The normalized spacial score (nSPS) is 10.2. The van der Waals surface area contributed by atoms with E-state index in [9.17, 15) is 0 Å². The predicted octanol–water partition coefficient (Wildman–Crippen LogP) is 2.57. The second-order valence-corrected chi connectivity index (χ2v) is 3.44. The highest BCUT2D eigenvalue weighted by molar-refractivity contribution is 5.25. The molecule has 80 valence electrons. The minimum atomic E-state index is 0.303. The number of aromatic hydroxyl groups is 1. The molecule has 0 unspecified atom stereocenters. The topological polar surface area (TPSA) is 23.5 Å². The largest absolute Gasteiger partial charge is 0.508 e. The van der Waals surface area contributed by atoms with Crippen molar-refractivity contribution in [3.05, 3.63) is 55.1 Å². The Kier molecular flexibility index (Phi) is 4.64. The molecule has 1 N–H and O–H groups in total. The monoisotopic (exact) mass is 203 g/mol. The molecule has 0 heterocycles. The number of phenols is 1. The van der Waals surface area contributed by atoms with E-state index in [0.717, 1.165) is 19.6 Å². The van der Waals surface area contributed by atoms with Crippen LogP contribution in [0.25, 0.3) is 0 Å². The highest BCUT2D eigenvalue weighted by Gasteiger charge is 2.01. The fraction of sp³-hybridized carbons (Fsp3) is 0.231. The summed E-state index contributed by atoms with van der Waals surface area (Å²) in [6.07, 6.45) is 3.76. The van der Waals surface area contributed by atoms with Gasteiger partial charge >= 0.3 is 0 Å². The number of phenolic OH excluding ortho intramolecular Hbond substituents is 1. The molecule has 2 heteroatoms. The molecule has 0 saturated carbocycles. The first-order valence-corrected chi connectivity index (χ1v) is 4.98. The third-order valence-electron chi connectivity index (χ3n) is 2.12. The van der Waals surface area contributed by atoms with Crippen molar-refractivity contribution in [2.24, 2.45) is 0 Å². The van der Waals surface area contributed by atoms with Crippen molar-refractivity contribution < 1.29 is 5.11 Å². The Morgan fingerprint density at radius 2 is 1.60 bits per heavy atom. The van der Waals surface area contributed by atoms with Gasteiger partial charge in [0.05, 0.1) is 0 Å². The van der Waals surface area contributed by atoms with Gasteiger partial charge in [0, 0.05) is 19.6 Å². The maximum Gasteiger partial charge on any atom is 0.115 e. The first kappa shape index (κ1) is 11.5. The van der Waals surface area contributed by atoms with Crippen molar-refractivity contribution in [1.29, 1.82) is 0 Å². The molecule has 0 radical (unpaired) electrons. The summed E-state index contributed by atoms with van der Waals surface area (Å²) in [4.78, 5) is 2.21. The third-order valence-corrected chi connectivity index (χ3v) is 2.12. The second kappa shape index (κ2) is 6.04. The van der Waals surface area contributed by atoms with Crippen LogP contribution in [0.3, 0.4) is 0 Å². The fourth-order valence-electron chi connectivity index (χ4n) is 1.43. The lowest BCUT2D eigenvalue weighted by molar-refractivity contribution is 0.327. The van der Waals surface area contributed by atoms with Crippen LogP contribution >= 0.6 is 0 Å². The minimum absolute atomic E-state index is 0.303. The Morgan fingerprint density at radius 3 is 2.07 bits per heavy atom. The molecule has 0 aliphatic rings. The molecule has 1 aromatic rings. The van der Waals surface area contributed by atoms with E-state index in [0.29, 0.717) is 5.75 Å². The average molecular weight is 203 g/mol. The van der Waals surface area contributed by atoms with Gasteiger partial charge in [0.25, 0.3) is 0 Å². The molecule has 0 amide bonds. The summed E-state index contributed by atoms with van der Waals surface area (Å²) in [5.74, 6) is 0.303. The van der Waals surface area contributed by atoms with Crippen LogP contribution in [0, 0.1) is 0 Å². The predicted molar refractivity (Wildman–Crippen MR) is 63.8 cm³/mol. The van der Waals surface area contributed by atoms with Gasteiger partial charge in [-0.15, -0.1) is 13.2 Å². The van der Waals surface area contributed by atoms with Crippen molar-refractivity contribution in [3.63, 3.8) is 0 Å². The van der Waals surface area contributed by atoms with Crippen molar-refractivity contribution in [2.75, 3.05) is 13.1 Å². The van der Waals surface area contributed by atoms with Gasteiger partial charge in [0.1, 0.15) is 5.75 Å². The average Bonchev–Trinajstić information content (AvgIpc) is 2.22. The Labute approximate surface area is 91.2 Å².